The summed E-state index contributed by atoms with van der Waals surface area (Å²) in [6.45, 7) is 4.65. The van der Waals surface area contributed by atoms with Gasteiger partial charge in [-0.3, -0.25) is 0 Å². The molecule has 1 saturated heterocycles. The normalized spacial score (nSPS) is 15.9. The molecule has 2 heterocycles. The van der Waals surface area contributed by atoms with Crippen molar-refractivity contribution in [1.82, 2.24) is 20.4 Å². The number of benzene rings is 2. The van der Waals surface area contributed by atoms with Crippen molar-refractivity contribution in [1.29, 1.82) is 0 Å². The SMILES string of the molecule is CC(C)N(C)C(=C=O)CCC(NC(=O)OCC1c2ccccc2-c2ccccc21)c1nnc(C2(OC(N)=O)CCOCC2)o1. The Hall–Kier alpha value is -4.67. The molecule has 2 aromatic carbocycles. The number of rotatable bonds is 11. The number of allylic oxidation sites excluding steroid dienone is 1. The van der Waals surface area contributed by atoms with Crippen LogP contribution in [-0.2, 0) is 24.6 Å². The van der Waals surface area contributed by atoms with E-state index in [0.717, 1.165) is 22.3 Å². The highest BCUT2D eigenvalue weighted by Gasteiger charge is 2.44. The Labute approximate surface area is 255 Å². The summed E-state index contributed by atoms with van der Waals surface area (Å²) in [6.07, 6.45) is -0.600. The molecule has 1 aliphatic carbocycles. The van der Waals surface area contributed by atoms with Crippen molar-refractivity contribution in [3.63, 3.8) is 0 Å². The van der Waals surface area contributed by atoms with Gasteiger partial charge < -0.3 is 34.6 Å². The van der Waals surface area contributed by atoms with Crippen molar-refractivity contribution in [2.75, 3.05) is 26.9 Å². The number of alkyl carbamates (subject to hydrolysis) is 1. The summed E-state index contributed by atoms with van der Waals surface area (Å²) in [6, 6.07) is 15.4. The van der Waals surface area contributed by atoms with Gasteiger partial charge in [-0.2, -0.15) is 0 Å². The predicted octanol–water partition coefficient (Wildman–Crippen LogP) is 4.59. The quantitative estimate of drug-likeness (QED) is 0.297. The third kappa shape index (κ3) is 6.46. The van der Waals surface area contributed by atoms with Crippen LogP contribution in [0.4, 0.5) is 9.59 Å². The molecule has 1 aliphatic heterocycles. The number of hydrogen-bond donors (Lipinski definition) is 2. The third-order valence-electron chi connectivity index (χ3n) is 8.35. The van der Waals surface area contributed by atoms with E-state index in [1.165, 1.54) is 0 Å². The average Bonchev–Trinajstić information content (AvgIpc) is 3.64. The van der Waals surface area contributed by atoms with Gasteiger partial charge in [0, 0.05) is 38.3 Å². The molecule has 0 radical (unpaired) electrons. The van der Waals surface area contributed by atoms with E-state index in [2.05, 4.69) is 27.6 Å². The molecule has 0 spiro atoms. The van der Waals surface area contributed by atoms with Crippen molar-refractivity contribution in [2.45, 2.75) is 63.1 Å². The number of hydrogen-bond acceptors (Lipinski definition) is 10. The van der Waals surface area contributed by atoms with Gasteiger partial charge >= 0.3 is 12.2 Å². The molecular formula is C32H37N5O7. The van der Waals surface area contributed by atoms with Crippen molar-refractivity contribution in [3.8, 4) is 11.1 Å². The van der Waals surface area contributed by atoms with Gasteiger partial charge in [0.15, 0.2) is 5.60 Å². The maximum absolute atomic E-state index is 13.3. The van der Waals surface area contributed by atoms with Crippen molar-refractivity contribution < 1.29 is 33.0 Å². The number of nitrogens with zero attached hydrogens (tertiary/aromatic N) is 3. The Morgan fingerprint density at radius 3 is 2.32 bits per heavy atom. The summed E-state index contributed by atoms with van der Waals surface area (Å²) in [5, 5.41) is 11.2. The molecule has 0 saturated carbocycles. The molecule has 1 atom stereocenters. The molecule has 3 N–H and O–H groups in total. The van der Waals surface area contributed by atoms with Crippen LogP contribution < -0.4 is 11.1 Å². The van der Waals surface area contributed by atoms with Crippen LogP contribution in [0.3, 0.4) is 0 Å². The first-order chi connectivity index (χ1) is 21.2. The van der Waals surface area contributed by atoms with Crippen molar-refractivity contribution in [2.24, 2.45) is 5.73 Å². The summed E-state index contributed by atoms with van der Waals surface area (Å²) in [5.41, 5.74) is 8.97. The first-order valence-electron chi connectivity index (χ1n) is 14.7. The third-order valence-corrected chi connectivity index (χ3v) is 8.35. The number of primary amides is 1. The van der Waals surface area contributed by atoms with E-state index < -0.39 is 23.8 Å². The minimum Gasteiger partial charge on any atom is -0.449 e. The van der Waals surface area contributed by atoms with Crippen LogP contribution >= 0.6 is 0 Å². The molecular weight excluding hydrogens is 566 g/mol. The van der Waals surface area contributed by atoms with Gasteiger partial charge in [-0.25, -0.2) is 14.4 Å². The van der Waals surface area contributed by atoms with E-state index in [9.17, 15) is 14.4 Å². The number of amides is 2. The minimum atomic E-state index is -1.24. The molecule has 5 rings (SSSR count). The lowest BCUT2D eigenvalue weighted by molar-refractivity contribution is -0.0877. The predicted molar refractivity (Wildman–Crippen MR) is 159 cm³/mol. The topological polar surface area (TPSA) is 159 Å². The number of aromatic nitrogens is 2. The number of fused-ring (bicyclic) bond motifs is 3. The fourth-order valence-corrected chi connectivity index (χ4v) is 5.74. The largest absolute Gasteiger partial charge is 0.449 e. The molecule has 0 bridgehead atoms. The minimum absolute atomic E-state index is 0.0550. The summed E-state index contributed by atoms with van der Waals surface area (Å²) in [7, 11) is 1.81. The zero-order valence-electron chi connectivity index (χ0n) is 25.1. The Bertz CT molecular complexity index is 1500. The zero-order chi connectivity index (χ0) is 31.3. The monoisotopic (exact) mass is 603 g/mol. The fourth-order valence-electron chi connectivity index (χ4n) is 5.74. The van der Waals surface area contributed by atoms with Gasteiger partial charge in [-0.1, -0.05) is 48.5 Å². The van der Waals surface area contributed by atoms with E-state index in [1.54, 1.807) is 7.05 Å². The summed E-state index contributed by atoms with van der Waals surface area (Å²) in [4.78, 5) is 38.6. The number of ether oxygens (including phenoxy) is 3. The molecule has 12 nitrogen and oxygen atoms in total. The zero-order valence-corrected chi connectivity index (χ0v) is 25.1. The maximum atomic E-state index is 13.3. The Morgan fingerprint density at radius 2 is 1.73 bits per heavy atom. The van der Waals surface area contributed by atoms with E-state index in [4.69, 9.17) is 24.4 Å². The first-order valence-corrected chi connectivity index (χ1v) is 14.7. The van der Waals surface area contributed by atoms with Gasteiger partial charge in [0.2, 0.25) is 5.89 Å². The van der Waals surface area contributed by atoms with Gasteiger partial charge in [0.1, 0.15) is 18.6 Å². The van der Waals surface area contributed by atoms with Crippen molar-refractivity contribution >= 4 is 18.1 Å². The molecule has 2 amide bonds. The molecule has 1 aromatic heterocycles. The van der Waals surface area contributed by atoms with Crippen LogP contribution in [-0.4, -0.2) is 66.1 Å². The van der Waals surface area contributed by atoms with E-state index in [1.807, 2.05) is 61.1 Å². The molecule has 1 unspecified atom stereocenters. The molecule has 3 aromatic rings. The molecule has 2 aliphatic rings. The second-order valence-electron chi connectivity index (χ2n) is 11.3. The summed E-state index contributed by atoms with van der Waals surface area (Å²) < 4.78 is 22.7. The van der Waals surface area contributed by atoms with Gasteiger partial charge in [-0.05, 0) is 42.5 Å². The van der Waals surface area contributed by atoms with Gasteiger partial charge in [0.25, 0.3) is 5.89 Å². The lowest BCUT2D eigenvalue weighted by Crippen LogP contribution is -2.40. The van der Waals surface area contributed by atoms with Gasteiger partial charge in [0.05, 0.1) is 18.9 Å². The smallest absolute Gasteiger partial charge is 0.407 e. The van der Waals surface area contributed by atoms with Crippen LogP contribution in [0.2, 0.25) is 0 Å². The average molecular weight is 604 g/mol. The highest BCUT2D eigenvalue weighted by molar-refractivity contribution is 5.79. The van der Waals surface area contributed by atoms with Crippen LogP contribution in [0.15, 0.2) is 58.6 Å². The number of nitrogens with two attached hydrogens (primary N) is 1. The molecule has 232 valence electrons. The Kier molecular flexibility index (Phi) is 9.32. The highest BCUT2D eigenvalue weighted by Crippen LogP contribution is 2.44. The van der Waals surface area contributed by atoms with Crippen LogP contribution in [0.25, 0.3) is 11.1 Å². The maximum Gasteiger partial charge on any atom is 0.407 e. The summed E-state index contributed by atoms with van der Waals surface area (Å²) in [5.74, 6) is 2.01. The van der Waals surface area contributed by atoms with Crippen LogP contribution in [0, 0.1) is 0 Å². The lowest BCUT2D eigenvalue weighted by atomic mass is 9.94. The number of nitrogens with one attached hydrogen (secondary N) is 1. The molecule has 12 heteroatoms. The Balaban J connectivity index is 1.35. The Morgan fingerprint density at radius 1 is 1.09 bits per heavy atom. The lowest BCUT2D eigenvalue weighted by Gasteiger charge is -2.32. The van der Waals surface area contributed by atoms with E-state index in [0.29, 0.717) is 18.9 Å². The number of carbonyl (C=O) groups is 2. The van der Waals surface area contributed by atoms with Crippen LogP contribution in [0.5, 0.6) is 0 Å². The summed E-state index contributed by atoms with van der Waals surface area (Å²) >= 11 is 0. The second-order valence-corrected chi connectivity index (χ2v) is 11.3. The van der Waals surface area contributed by atoms with E-state index in [-0.39, 0.29) is 56.0 Å². The first kappa shape index (κ1) is 30.8. The standard InChI is InChI=1S/C32H37N5O7/c1-20(2)37(3)21(18-38)12-13-27(28-35-36-29(43-28)32(44-30(33)39)14-16-41-17-15-32)34-31(40)42-19-26-24-10-6-4-8-22(24)23-9-5-7-11-25(23)26/h4-11,20,26-27H,12-17,19H2,1-3H3,(H2,33,39)(H,34,40). The van der Waals surface area contributed by atoms with Crippen LogP contribution in [0.1, 0.15) is 74.4 Å². The van der Waals surface area contributed by atoms with E-state index >= 15 is 0 Å². The van der Waals surface area contributed by atoms with Crippen molar-refractivity contribution in [3.05, 3.63) is 77.1 Å². The molecule has 1 fully saturated rings. The number of carbonyl (C=O) groups excluding carboxylic acids is 3. The van der Waals surface area contributed by atoms with Gasteiger partial charge in [-0.15, -0.1) is 10.2 Å². The highest BCUT2D eigenvalue weighted by atomic mass is 16.6. The fraction of sp³-hybridized carbons (Fsp3) is 0.438. The molecule has 44 heavy (non-hydrogen) atoms. The second kappa shape index (κ2) is 13.3.